The molecular weight excluding hydrogens is 324 g/mol. The second-order valence-corrected chi connectivity index (χ2v) is 4.75. The second kappa shape index (κ2) is 6.55. The van der Waals surface area contributed by atoms with Crippen molar-refractivity contribution in [2.45, 2.75) is 0 Å². The number of benzene rings is 1. The lowest BCUT2D eigenvalue weighted by molar-refractivity contribution is -0.870. The first-order chi connectivity index (χ1) is 6.47. The largest absolute Gasteiger partial charge is 1.00 e. The molecule has 15 heavy (non-hydrogen) atoms. The van der Waals surface area contributed by atoms with Crippen LogP contribution in [0.1, 0.15) is 0 Å². The number of quaternary nitrogens is 1. The van der Waals surface area contributed by atoms with Gasteiger partial charge in [-0.05, 0) is 24.3 Å². The van der Waals surface area contributed by atoms with E-state index in [1.165, 1.54) is 0 Å². The number of likely N-dealkylation sites (N-methyl/N-ethyl adjacent to an activating group) is 1. The van der Waals surface area contributed by atoms with Crippen LogP contribution in [0.4, 0.5) is 0 Å². The molecule has 0 unspecified atom stereocenters. The quantitative estimate of drug-likeness (QED) is 0.526. The highest BCUT2D eigenvalue weighted by atomic mass is 127. The van der Waals surface area contributed by atoms with Gasteiger partial charge in [0.15, 0.2) is 0 Å². The highest BCUT2D eigenvalue weighted by molar-refractivity contribution is 6.30. The number of nitrogens with zero attached hydrogens (tertiary/aromatic N) is 1. The summed E-state index contributed by atoms with van der Waals surface area (Å²) in [5, 5.41) is 0.740. The number of rotatable bonds is 4. The first kappa shape index (κ1) is 15.0. The van der Waals surface area contributed by atoms with Crippen molar-refractivity contribution in [3.05, 3.63) is 29.3 Å². The van der Waals surface area contributed by atoms with Crippen molar-refractivity contribution in [1.82, 2.24) is 0 Å². The van der Waals surface area contributed by atoms with Gasteiger partial charge in [0.1, 0.15) is 18.9 Å². The third-order valence-corrected chi connectivity index (χ3v) is 2.10. The summed E-state index contributed by atoms with van der Waals surface area (Å²) in [4.78, 5) is 0. The van der Waals surface area contributed by atoms with Crippen molar-refractivity contribution in [3.8, 4) is 5.75 Å². The maximum Gasteiger partial charge on any atom is 0.137 e. The Morgan fingerprint density at radius 1 is 1.13 bits per heavy atom. The Morgan fingerprint density at radius 2 is 1.67 bits per heavy atom. The fourth-order valence-electron chi connectivity index (χ4n) is 0.968. The zero-order chi connectivity index (χ0) is 10.6. The molecule has 86 valence electrons. The maximum atomic E-state index is 5.76. The first-order valence-electron chi connectivity index (χ1n) is 4.66. The lowest BCUT2D eigenvalue weighted by atomic mass is 10.3. The van der Waals surface area contributed by atoms with E-state index in [9.17, 15) is 0 Å². The Kier molecular flexibility index (Phi) is 6.55. The van der Waals surface area contributed by atoms with E-state index in [2.05, 4.69) is 21.1 Å². The maximum absolute atomic E-state index is 5.76. The van der Waals surface area contributed by atoms with Crippen molar-refractivity contribution in [1.29, 1.82) is 0 Å². The van der Waals surface area contributed by atoms with Gasteiger partial charge < -0.3 is 33.2 Å². The molecule has 1 rings (SSSR count). The zero-order valence-electron chi connectivity index (χ0n) is 9.34. The van der Waals surface area contributed by atoms with Crippen LogP contribution >= 0.6 is 11.6 Å². The number of hydrogen-bond acceptors (Lipinski definition) is 1. The molecule has 0 spiro atoms. The SMILES string of the molecule is C[N+](C)(C)CCOc1ccc(Cl)cc1.[I-]. The molecule has 0 aliphatic carbocycles. The molecule has 0 N–H and O–H groups in total. The van der Waals surface area contributed by atoms with Gasteiger partial charge in [0, 0.05) is 5.02 Å². The van der Waals surface area contributed by atoms with Gasteiger partial charge in [-0.3, -0.25) is 0 Å². The molecule has 0 fully saturated rings. The minimum absolute atomic E-state index is 0. The Balaban J connectivity index is 0.00000196. The van der Waals surface area contributed by atoms with E-state index < -0.39 is 0 Å². The van der Waals surface area contributed by atoms with Crippen molar-refractivity contribution in [2.75, 3.05) is 34.3 Å². The van der Waals surface area contributed by atoms with Crippen LogP contribution in [0.15, 0.2) is 24.3 Å². The number of halogens is 2. The predicted octanol–water partition coefficient (Wildman–Crippen LogP) is -0.571. The van der Waals surface area contributed by atoms with Crippen molar-refractivity contribution in [3.63, 3.8) is 0 Å². The van der Waals surface area contributed by atoms with Crippen LogP contribution in [-0.4, -0.2) is 38.8 Å². The standard InChI is InChI=1S/C11H17ClNO.HI/c1-13(2,3)8-9-14-11-6-4-10(12)5-7-11;/h4-7H,8-9H2,1-3H3;1H/q+1;/p-1. The van der Waals surface area contributed by atoms with Crippen LogP contribution in [0, 0.1) is 0 Å². The summed E-state index contributed by atoms with van der Waals surface area (Å²) in [7, 11) is 6.43. The zero-order valence-corrected chi connectivity index (χ0v) is 12.2. The van der Waals surface area contributed by atoms with Gasteiger partial charge in [-0.25, -0.2) is 0 Å². The predicted molar refractivity (Wildman–Crippen MR) is 59.8 cm³/mol. The molecule has 0 saturated carbocycles. The summed E-state index contributed by atoms with van der Waals surface area (Å²) in [6, 6.07) is 7.45. The minimum atomic E-state index is 0. The molecule has 1 aromatic rings. The molecule has 4 heteroatoms. The van der Waals surface area contributed by atoms with E-state index in [0.717, 1.165) is 28.4 Å². The lowest BCUT2D eigenvalue weighted by Gasteiger charge is -2.23. The van der Waals surface area contributed by atoms with Gasteiger partial charge >= 0.3 is 0 Å². The van der Waals surface area contributed by atoms with E-state index in [0.29, 0.717) is 0 Å². The normalized spacial score (nSPS) is 10.7. The van der Waals surface area contributed by atoms with Gasteiger partial charge in [-0.2, -0.15) is 0 Å². The molecular formula is C11H17ClINO. The second-order valence-electron chi connectivity index (χ2n) is 4.32. The average molecular weight is 342 g/mol. The van der Waals surface area contributed by atoms with Gasteiger partial charge in [-0.1, -0.05) is 11.6 Å². The van der Waals surface area contributed by atoms with Crippen LogP contribution in [0.2, 0.25) is 5.02 Å². The Labute approximate surface area is 114 Å². The molecule has 0 aromatic heterocycles. The van der Waals surface area contributed by atoms with Crippen LogP contribution < -0.4 is 28.7 Å². The average Bonchev–Trinajstić information content (AvgIpc) is 2.06. The van der Waals surface area contributed by atoms with E-state index in [-0.39, 0.29) is 24.0 Å². The molecule has 0 saturated heterocycles. The molecule has 1 aromatic carbocycles. The van der Waals surface area contributed by atoms with E-state index in [1.54, 1.807) is 0 Å². The Hall–Kier alpha value is -0.000000000000000111. The fraction of sp³-hybridized carbons (Fsp3) is 0.455. The van der Waals surface area contributed by atoms with E-state index in [1.807, 2.05) is 24.3 Å². The van der Waals surface area contributed by atoms with Crippen LogP contribution in [0.5, 0.6) is 5.75 Å². The molecule has 0 atom stereocenters. The Morgan fingerprint density at radius 3 is 2.13 bits per heavy atom. The summed E-state index contributed by atoms with van der Waals surface area (Å²) in [6.45, 7) is 1.72. The lowest BCUT2D eigenvalue weighted by Crippen LogP contribution is -3.00. The topological polar surface area (TPSA) is 9.23 Å². The highest BCUT2D eigenvalue weighted by Crippen LogP contribution is 2.15. The van der Waals surface area contributed by atoms with Crippen molar-refractivity contribution in [2.24, 2.45) is 0 Å². The summed E-state index contributed by atoms with van der Waals surface area (Å²) < 4.78 is 6.47. The monoisotopic (exact) mass is 341 g/mol. The van der Waals surface area contributed by atoms with Crippen LogP contribution in [0.3, 0.4) is 0 Å². The number of ether oxygens (including phenoxy) is 1. The molecule has 0 bridgehead atoms. The number of hydrogen-bond donors (Lipinski definition) is 0. The first-order valence-corrected chi connectivity index (χ1v) is 5.04. The fourth-order valence-corrected chi connectivity index (χ4v) is 1.09. The summed E-state index contributed by atoms with van der Waals surface area (Å²) >= 11 is 5.76. The highest BCUT2D eigenvalue weighted by Gasteiger charge is 2.06. The summed E-state index contributed by atoms with van der Waals surface area (Å²) in [5.74, 6) is 0.878. The molecule has 2 nitrogen and oxygen atoms in total. The Bertz CT molecular complexity index is 282. The smallest absolute Gasteiger partial charge is 0.137 e. The third-order valence-electron chi connectivity index (χ3n) is 1.84. The summed E-state index contributed by atoms with van der Waals surface area (Å²) in [6.07, 6.45) is 0. The van der Waals surface area contributed by atoms with Gasteiger partial charge in [0.05, 0.1) is 21.1 Å². The summed E-state index contributed by atoms with van der Waals surface area (Å²) in [5.41, 5.74) is 0. The van der Waals surface area contributed by atoms with Gasteiger partial charge in [0.25, 0.3) is 0 Å². The van der Waals surface area contributed by atoms with Crippen LogP contribution in [0.25, 0.3) is 0 Å². The van der Waals surface area contributed by atoms with E-state index in [4.69, 9.17) is 16.3 Å². The van der Waals surface area contributed by atoms with Crippen molar-refractivity contribution >= 4 is 11.6 Å². The van der Waals surface area contributed by atoms with Gasteiger partial charge in [0.2, 0.25) is 0 Å². The molecule has 0 heterocycles. The van der Waals surface area contributed by atoms with Crippen LogP contribution in [-0.2, 0) is 0 Å². The molecule has 0 amide bonds. The molecule has 0 aliphatic heterocycles. The minimum Gasteiger partial charge on any atom is -1.00 e. The molecule has 0 aliphatic rings. The van der Waals surface area contributed by atoms with E-state index >= 15 is 0 Å². The third kappa shape index (κ3) is 6.98. The molecule has 0 radical (unpaired) electrons. The van der Waals surface area contributed by atoms with Crippen molar-refractivity contribution < 1.29 is 33.2 Å². The van der Waals surface area contributed by atoms with Gasteiger partial charge in [-0.15, -0.1) is 0 Å².